The van der Waals surface area contributed by atoms with E-state index < -0.39 is 10.0 Å². The third-order valence-corrected chi connectivity index (χ3v) is 4.89. The first-order valence-corrected chi connectivity index (χ1v) is 7.86. The van der Waals surface area contributed by atoms with Crippen LogP contribution in [-0.2, 0) is 10.0 Å². The number of hydrogen-bond donors (Lipinski definition) is 1. The molecule has 0 saturated carbocycles. The van der Waals surface area contributed by atoms with E-state index in [0.29, 0.717) is 5.69 Å². The van der Waals surface area contributed by atoms with Gasteiger partial charge in [-0.15, -0.1) is 0 Å². The van der Waals surface area contributed by atoms with Crippen molar-refractivity contribution in [1.82, 2.24) is 4.31 Å². The lowest BCUT2D eigenvalue weighted by Gasteiger charge is -2.25. The van der Waals surface area contributed by atoms with Crippen LogP contribution in [0, 0.1) is 0 Å². The Kier molecular flexibility index (Phi) is 5.20. The molecule has 0 fully saturated rings. The maximum absolute atomic E-state index is 12.2. The van der Waals surface area contributed by atoms with Gasteiger partial charge in [-0.1, -0.05) is 13.0 Å². The van der Waals surface area contributed by atoms with Crippen molar-refractivity contribution in [3.63, 3.8) is 0 Å². The van der Waals surface area contributed by atoms with Crippen LogP contribution in [0.15, 0.2) is 23.1 Å². The summed E-state index contributed by atoms with van der Waals surface area (Å²) in [4.78, 5) is 2.26. The number of rotatable bonds is 6. The number of nitrogen functional groups attached to an aromatic ring is 1. The summed E-state index contributed by atoms with van der Waals surface area (Å²) in [5, 5.41) is 0. The van der Waals surface area contributed by atoms with Crippen LogP contribution in [0.2, 0.25) is 0 Å². The van der Waals surface area contributed by atoms with Gasteiger partial charge in [0.25, 0.3) is 0 Å². The molecule has 19 heavy (non-hydrogen) atoms. The number of nitrogens with two attached hydrogens (primary N) is 1. The third kappa shape index (κ3) is 3.19. The van der Waals surface area contributed by atoms with Crippen molar-refractivity contribution >= 4 is 21.4 Å². The molecule has 0 saturated heterocycles. The summed E-state index contributed by atoms with van der Waals surface area (Å²) in [6, 6.07) is 5.15. The van der Waals surface area contributed by atoms with Gasteiger partial charge < -0.3 is 10.6 Å². The molecule has 108 valence electrons. The predicted octanol–water partition coefficient (Wildman–Crippen LogP) is 1.76. The van der Waals surface area contributed by atoms with Gasteiger partial charge in [-0.2, -0.15) is 0 Å². The van der Waals surface area contributed by atoms with Crippen LogP contribution in [0.4, 0.5) is 11.4 Å². The molecule has 0 bridgehead atoms. The third-order valence-electron chi connectivity index (χ3n) is 3.02. The van der Waals surface area contributed by atoms with Crippen molar-refractivity contribution < 1.29 is 8.42 Å². The summed E-state index contributed by atoms with van der Waals surface area (Å²) in [5.74, 6) is 0. The molecule has 0 amide bonds. The maximum Gasteiger partial charge on any atom is 0.244 e. The minimum absolute atomic E-state index is 0.171. The van der Waals surface area contributed by atoms with Gasteiger partial charge in [0.2, 0.25) is 10.0 Å². The van der Waals surface area contributed by atoms with Gasteiger partial charge in [-0.25, -0.2) is 12.7 Å². The van der Waals surface area contributed by atoms with Crippen molar-refractivity contribution in [2.45, 2.75) is 25.2 Å². The van der Waals surface area contributed by atoms with Crippen LogP contribution < -0.4 is 10.6 Å². The Hall–Kier alpha value is -1.27. The molecule has 2 N–H and O–H groups in total. The number of nitrogens with zero attached hydrogens (tertiary/aromatic N) is 2. The van der Waals surface area contributed by atoms with Gasteiger partial charge in [0.1, 0.15) is 4.90 Å². The second-order valence-electron chi connectivity index (χ2n) is 4.56. The SMILES string of the molecule is CCCN(CC)c1cccc(S(=O)(=O)N(C)C)c1N. The fraction of sp³-hybridized carbons (Fsp3) is 0.538. The molecule has 0 aliphatic carbocycles. The van der Waals surface area contributed by atoms with Crippen molar-refractivity contribution in [2.24, 2.45) is 0 Å². The summed E-state index contributed by atoms with van der Waals surface area (Å²) in [6.07, 6.45) is 0.984. The zero-order valence-electron chi connectivity index (χ0n) is 12.0. The number of sulfonamides is 1. The lowest BCUT2D eigenvalue weighted by atomic mass is 10.2. The molecule has 0 aromatic heterocycles. The van der Waals surface area contributed by atoms with E-state index in [1.165, 1.54) is 18.4 Å². The molecule has 0 atom stereocenters. The highest BCUT2D eigenvalue weighted by Gasteiger charge is 2.22. The van der Waals surface area contributed by atoms with Crippen LogP contribution in [0.25, 0.3) is 0 Å². The normalized spacial score (nSPS) is 11.8. The van der Waals surface area contributed by atoms with E-state index >= 15 is 0 Å². The molecule has 0 aliphatic rings. The van der Waals surface area contributed by atoms with E-state index in [9.17, 15) is 8.42 Å². The van der Waals surface area contributed by atoms with E-state index in [1.54, 1.807) is 12.1 Å². The smallest absolute Gasteiger partial charge is 0.244 e. The van der Waals surface area contributed by atoms with Gasteiger partial charge in [-0.05, 0) is 25.5 Å². The second-order valence-corrected chi connectivity index (χ2v) is 6.68. The molecule has 0 aliphatic heterocycles. The number of benzene rings is 1. The molecule has 5 nitrogen and oxygen atoms in total. The highest BCUT2D eigenvalue weighted by molar-refractivity contribution is 7.89. The Labute approximate surface area is 116 Å². The molecule has 0 heterocycles. The van der Waals surface area contributed by atoms with E-state index in [1.807, 2.05) is 13.0 Å². The van der Waals surface area contributed by atoms with Gasteiger partial charge in [0.05, 0.1) is 11.4 Å². The first kappa shape index (κ1) is 15.8. The van der Waals surface area contributed by atoms with Crippen LogP contribution in [0.3, 0.4) is 0 Å². The summed E-state index contributed by atoms with van der Waals surface area (Å²) in [5.41, 5.74) is 7.18. The minimum Gasteiger partial charge on any atom is -0.396 e. The fourth-order valence-corrected chi connectivity index (χ4v) is 2.98. The molecular weight excluding hydrogens is 262 g/mol. The van der Waals surface area contributed by atoms with E-state index in [-0.39, 0.29) is 4.90 Å². The Bertz CT molecular complexity index is 527. The quantitative estimate of drug-likeness (QED) is 0.809. The average molecular weight is 285 g/mol. The second kappa shape index (κ2) is 6.25. The van der Waals surface area contributed by atoms with Crippen molar-refractivity contribution in [3.8, 4) is 0 Å². The van der Waals surface area contributed by atoms with Crippen molar-refractivity contribution in [1.29, 1.82) is 0 Å². The zero-order valence-corrected chi connectivity index (χ0v) is 12.9. The summed E-state index contributed by atoms with van der Waals surface area (Å²) < 4.78 is 25.6. The number of para-hydroxylation sites is 1. The highest BCUT2D eigenvalue weighted by atomic mass is 32.2. The Morgan fingerprint density at radius 2 is 1.84 bits per heavy atom. The minimum atomic E-state index is -3.51. The van der Waals surface area contributed by atoms with E-state index in [4.69, 9.17) is 5.73 Å². The van der Waals surface area contributed by atoms with Gasteiger partial charge in [-0.3, -0.25) is 0 Å². The van der Waals surface area contributed by atoms with Gasteiger partial charge in [0.15, 0.2) is 0 Å². The van der Waals surface area contributed by atoms with Crippen LogP contribution >= 0.6 is 0 Å². The summed E-state index contributed by atoms with van der Waals surface area (Å²) in [6.45, 7) is 5.76. The van der Waals surface area contributed by atoms with Crippen LogP contribution in [-0.4, -0.2) is 39.9 Å². The zero-order chi connectivity index (χ0) is 14.6. The molecule has 0 radical (unpaired) electrons. The Morgan fingerprint density at radius 3 is 2.32 bits per heavy atom. The lowest BCUT2D eigenvalue weighted by molar-refractivity contribution is 0.521. The molecule has 1 aromatic carbocycles. The maximum atomic E-state index is 12.2. The van der Waals surface area contributed by atoms with Crippen LogP contribution in [0.1, 0.15) is 20.3 Å². The summed E-state index contributed by atoms with van der Waals surface area (Å²) >= 11 is 0. The van der Waals surface area contributed by atoms with E-state index in [2.05, 4.69) is 11.8 Å². The topological polar surface area (TPSA) is 66.6 Å². The van der Waals surface area contributed by atoms with Crippen LogP contribution in [0.5, 0.6) is 0 Å². The van der Waals surface area contributed by atoms with Gasteiger partial charge in [0, 0.05) is 27.2 Å². The molecule has 0 unspecified atom stereocenters. The molecule has 0 spiro atoms. The molecule has 6 heteroatoms. The van der Waals surface area contributed by atoms with E-state index in [0.717, 1.165) is 25.2 Å². The first-order chi connectivity index (χ1) is 8.86. The van der Waals surface area contributed by atoms with Gasteiger partial charge >= 0.3 is 0 Å². The standard InChI is InChI=1S/C13H23N3O2S/c1-5-10-16(6-2)11-8-7-9-12(13(11)14)19(17,18)15(3)4/h7-9H,5-6,10,14H2,1-4H3. The number of anilines is 2. The van der Waals surface area contributed by atoms with Crippen molar-refractivity contribution in [3.05, 3.63) is 18.2 Å². The Morgan fingerprint density at radius 1 is 1.21 bits per heavy atom. The summed E-state index contributed by atoms with van der Waals surface area (Å²) in [7, 11) is -0.495. The average Bonchev–Trinajstić information content (AvgIpc) is 2.36. The fourth-order valence-electron chi connectivity index (χ4n) is 1.95. The predicted molar refractivity (Wildman–Crippen MR) is 79.9 cm³/mol. The number of hydrogen-bond acceptors (Lipinski definition) is 4. The molecular formula is C13H23N3O2S. The monoisotopic (exact) mass is 285 g/mol. The molecule has 1 aromatic rings. The molecule has 1 rings (SSSR count). The first-order valence-electron chi connectivity index (χ1n) is 6.42. The van der Waals surface area contributed by atoms with Crippen molar-refractivity contribution in [2.75, 3.05) is 37.8 Å². The largest absolute Gasteiger partial charge is 0.396 e. The lowest BCUT2D eigenvalue weighted by Crippen LogP contribution is -2.27. The Balaban J connectivity index is 3.33. The highest BCUT2D eigenvalue weighted by Crippen LogP contribution is 2.30.